The quantitative estimate of drug-likeness (QED) is 0.772. The van der Waals surface area contributed by atoms with Gasteiger partial charge in [0.1, 0.15) is 0 Å². The Morgan fingerprint density at radius 1 is 1.27 bits per heavy atom. The van der Waals surface area contributed by atoms with Gasteiger partial charge < -0.3 is 5.32 Å². The highest BCUT2D eigenvalue weighted by molar-refractivity contribution is 7.89. The van der Waals surface area contributed by atoms with Crippen molar-refractivity contribution in [3.63, 3.8) is 0 Å². The first-order valence-electron chi connectivity index (χ1n) is 7.82. The normalized spacial score (nSPS) is 16.3. The number of carbonyl (C=O) groups is 1. The van der Waals surface area contributed by atoms with E-state index in [1.807, 2.05) is 38.1 Å². The number of benzene rings is 1. The maximum Gasteiger partial charge on any atom is 0.227 e. The molecule has 6 heteroatoms. The maximum absolute atomic E-state index is 11.9. The third-order valence-electron chi connectivity index (χ3n) is 3.75. The number of amides is 1. The van der Waals surface area contributed by atoms with Gasteiger partial charge in [-0.3, -0.25) is 4.79 Å². The Bertz CT molecular complexity index is 607. The zero-order valence-electron chi connectivity index (χ0n) is 13.1. The lowest BCUT2D eigenvalue weighted by Crippen LogP contribution is -2.29. The number of rotatable bonds is 8. The Morgan fingerprint density at radius 2 is 1.91 bits per heavy atom. The highest BCUT2D eigenvalue weighted by Crippen LogP contribution is 2.30. The first kappa shape index (κ1) is 17.0. The Labute approximate surface area is 132 Å². The molecule has 22 heavy (non-hydrogen) atoms. The molecule has 1 aliphatic carbocycles. The predicted molar refractivity (Wildman–Crippen MR) is 88.0 cm³/mol. The maximum atomic E-state index is 11.9. The van der Waals surface area contributed by atoms with Crippen molar-refractivity contribution < 1.29 is 13.2 Å². The summed E-state index contributed by atoms with van der Waals surface area (Å²) in [7, 11) is -3.24. The second-order valence-electron chi connectivity index (χ2n) is 5.90. The molecule has 1 fully saturated rings. The van der Waals surface area contributed by atoms with E-state index < -0.39 is 10.0 Å². The molecule has 1 aliphatic rings. The summed E-state index contributed by atoms with van der Waals surface area (Å²) in [5, 5.41) is 2.87. The molecule has 0 unspecified atom stereocenters. The summed E-state index contributed by atoms with van der Waals surface area (Å²) in [4.78, 5) is 11.7. The lowest BCUT2D eigenvalue weighted by Gasteiger charge is -2.15. The van der Waals surface area contributed by atoms with E-state index in [1.165, 1.54) is 0 Å². The fourth-order valence-corrected chi connectivity index (χ4v) is 3.64. The average molecular weight is 324 g/mol. The number of hydrogen-bond acceptors (Lipinski definition) is 3. The summed E-state index contributed by atoms with van der Waals surface area (Å²) in [6.45, 7) is 3.79. The molecule has 1 aromatic rings. The van der Waals surface area contributed by atoms with Crippen LogP contribution in [-0.2, 0) is 14.8 Å². The van der Waals surface area contributed by atoms with Gasteiger partial charge in [-0.25, -0.2) is 13.1 Å². The van der Waals surface area contributed by atoms with Gasteiger partial charge in [-0.2, -0.15) is 0 Å². The molecule has 0 radical (unpaired) electrons. The molecule has 1 aromatic carbocycles. The lowest BCUT2D eigenvalue weighted by molar-refractivity contribution is -0.117. The van der Waals surface area contributed by atoms with Crippen LogP contribution in [0.5, 0.6) is 0 Å². The van der Waals surface area contributed by atoms with Crippen LogP contribution in [-0.4, -0.2) is 20.1 Å². The van der Waals surface area contributed by atoms with E-state index in [0.717, 1.165) is 30.5 Å². The van der Waals surface area contributed by atoms with Crippen LogP contribution in [0.2, 0.25) is 0 Å². The first-order chi connectivity index (χ1) is 10.4. The molecular weight excluding hydrogens is 300 g/mol. The van der Waals surface area contributed by atoms with Crippen molar-refractivity contribution in [2.45, 2.75) is 45.6 Å². The minimum absolute atomic E-state index is 0.0704. The van der Waals surface area contributed by atoms with E-state index in [0.29, 0.717) is 6.42 Å². The number of nitrogens with one attached hydrogen (secondary N) is 2. The third-order valence-corrected chi connectivity index (χ3v) is 5.29. The van der Waals surface area contributed by atoms with E-state index in [4.69, 9.17) is 0 Å². The lowest BCUT2D eigenvalue weighted by atomic mass is 10.1. The monoisotopic (exact) mass is 324 g/mol. The number of unbranched alkanes of at least 4 members (excludes halogenated alkanes) is 1. The van der Waals surface area contributed by atoms with Gasteiger partial charge in [-0.05, 0) is 43.9 Å². The molecule has 2 rings (SSSR count). The Hall–Kier alpha value is -1.40. The second kappa shape index (κ2) is 7.24. The number of hydrogen-bond donors (Lipinski definition) is 2. The molecule has 5 nitrogen and oxygen atoms in total. The SMILES string of the molecule is CCCCS(=O)(=O)N[C@H](C)c1ccc(NC(=O)C2CC2)cc1. The zero-order chi connectivity index (χ0) is 16.2. The van der Waals surface area contributed by atoms with Gasteiger partial charge in [0.05, 0.1) is 5.75 Å². The summed E-state index contributed by atoms with van der Waals surface area (Å²) in [6.07, 6.45) is 3.46. The van der Waals surface area contributed by atoms with E-state index >= 15 is 0 Å². The molecule has 122 valence electrons. The van der Waals surface area contributed by atoms with Crippen molar-refractivity contribution in [3.8, 4) is 0 Å². The highest BCUT2D eigenvalue weighted by atomic mass is 32.2. The Balaban J connectivity index is 1.92. The van der Waals surface area contributed by atoms with E-state index in [-0.39, 0.29) is 23.6 Å². The van der Waals surface area contributed by atoms with Crippen molar-refractivity contribution in [1.29, 1.82) is 0 Å². The summed E-state index contributed by atoms with van der Waals surface area (Å²) in [5.41, 5.74) is 1.63. The van der Waals surface area contributed by atoms with Crippen LogP contribution in [0.4, 0.5) is 5.69 Å². The van der Waals surface area contributed by atoms with Crippen LogP contribution in [0.25, 0.3) is 0 Å². The fourth-order valence-electron chi connectivity index (χ4n) is 2.18. The minimum Gasteiger partial charge on any atom is -0.326 e. The predicted octanol–water partition coefficient (Wildman–Crippen LogP) is 2.82. The molecule has 0 aromatic heterocycles. The summed E-state index contributed by atoms with van der Waals surface area (Å²) in [6, 6.07) is 7.03. The summed E-state index contributed by atoms with van der Waals surface area (Å²) in [5.74, 6) is 0.397. The molecule has 2 N–H and O–H groups in total. The van der Waals surface area contributed by atoms with Crippen LogP contribution in [0.3, 0.4) is 0 Å². The van der Waals surface area contributed by atoms with Crippen LogP contribution < -0.4 is 10.0 Å². The molecule has 0 spiro atoms. The van der Waals surface area contributed by atoms with Gasteiger partial charge >= 0.3 is 0 Å². The number of carbonyl (C=O) groups excluding carboxylic acids is 1. The van der Waals surface area contributed by atoms with Gasteiger partial charge in [-0.15, -0.1) is 0 Å². The van der Waals surface area contributed by atoms with Crippen molar-refractivity contribution in [3.05, 3.63) is 29.8 Å². The van der Waals surface area contributed by atoms with Crippen LogP contribution in [0.15, 0.2) is 24.3 Å². The fraction of sp³-hybridized carbons (Fsp3) is 0.562. The van der Waals surface area contributed by atoms with Gasteiger partial charge in [-0.1, -0.05) is 25.5 Å². The smallest absolute Gasteiger partial charge is 0.227 e. The third kappa shape index (κ3) is 5.10. The summed E-state index contributed by atoms with van der Waals surface area (Å²) < 4.78 is 26.5. The largest absolute Gasteiger partial charge is 0.326 e. The van der Waals surface area contributed by atoms with E-state index in [1.54, 1.807) is 0 Å². The van der Waals surface area contributed by atoms with E-state index in [2.05, 4.69) is 10.0 Å². The average Bonchev–Trinajstić information content (AvgIpc) is 3.30. The Kier molecular flexibility index (Phi) is 5.58. The van der Waals surface area contributed by atoms with Crippen molar-refractivity contribution in [2.75, 3.05) is 11.1 Å². The molecular formula is C16H24N2O3S. The van der Waals surface area contributed by atoms with Gasteiger partial charge in [0.15, 0.2) is 0 Å². The highest BCUT2D eigenvalue weighted by Gasteiger charge is 2.29. The first-order valence-corrected chi connectivity index (χ1v) is 9.47. The molecule has 0 aliphatic heterocycles. The van der Waals surface area contributed by atoms with Crippen molar-refractivity contribution in [1.82, 2.24) is 4.72 Å². The second-order valence-corrected chi connectivity index (χ2v) is 7.77. The minimum atomic E-state index is -3.24. The topological polar surface area (TPSA) is 75.3 Å². The van der Waals surface area contributed by atoms with Gasteiger partial charge in [0.2, 0.25) is 15.9 Å². The molecule has 0 saturated heterocycles. The van der Waals surface area contributed by atoms with Gasteiger partial charge in [0, 0.05) is 17.6 Å². The number of anilines is 1. The van der Waals surface area contributed by atoms with E-state index in [9.17, 15) is 13.2 Å². The summed E-state index contributed by atoms with van der Waals surface area (Å²) >= 11 is 0. The van der Waals surface area contributed by atoms with Gasteiger partial charge in [0.25, 0.3) is 0 Å². The van der Waals surface area contributed by atoms with Crippen LogP contribution >= 0.6 is 0 Å². The zero-order valence-corrected chi connectivity index (χ0v) is 13.9. The number of sulfonamides is 1. The molecule has 0 heterocycles. The standard InChI is InChI=1S/C16H24N2O3S/c1-3-4-11-22(20,21)18-12(2)13-7-9-15(10-8-13)17-16(19)14-5-6-14/h7-10,12,14,18H,3-6,11H2,1-2H3,(H,17,19)/t12-/m1/s1. The molecule has 0 bridgehead atoms. The molecule has 1 atom stereocenters. The van der Waals surface area contributed by atoms with Crippen LogP contribution in [0.1, 0.15) is 51.1 Å². The van der Waals surface area contributed by atoms with Crippen molar-refractivity contribution in [2.24, 2.45) is 5.92 Å². The Morgan fingerprint density at radius 3 is 2.45 bits per heavy atom. The van der Waals surface area contributed by atoms with Crippen molar-refractivity contribution >= 4 is 21.6 Å². The molecule has 1 saturated carbocycles. The molecule has 1 amide bonds. The van der Waals surface area contributed by atoms with Crippen LogP contribution in [0, 0.1) is 5.92 Å².